The molecule has 6 rings (SSSR count). The smallest absolute Gasteiger partial charge is 0.0790 e. The Morgan fingerprint density at radius 1 is 0.889 bits per heavy atom. The summed E-state index contributed by atoms with van der Waals surface area (Å²) in [5, 5.41) is 4.75. The lowest BCUT2D eigenvalue weighted by atomic mass is 9.78. The van der Waals surface area contributed by atoms with Gasteiger partial charge in [0.1, 0.15) is 0 Å². The molecular weight excluding hydrogens is 436 g/mol. The van der Waals surface area contributed by atoms with Crippen LogP contribution >= 0.6 is 0 Å². The molecule has 0 N–H and O–H groups in total. The Morgan fingerprint density at radius 2 is 1.61 bits per heavy atom. The average molecular weight is 469 g/mol. The first kappa shape index (κ1) is 22.4. The molecule has 0 fully saturated rings. The highest BCUT2D eigenvalue weighted by molar-refractivity contribution is 6.13. The SMILES string of the molecule is C=C(/C(C)=C/C=C\C)N(C)n1c2ccccc2c2ccc3c(c21)C(C)=CC31C=C(C)c2ccccc21. The summed E-state index contributed by atoms with van der Waals surface area (Å²) >= 11 is 0. The maximum Gasteiger partial charge on any atom is 0.0790 e. The van der Waals surface area contributed by atoms with Crippen molar-refractivity contribution in [1.29, 1.82) is 0 Å². The highest BCUT2D eigenvalue weighted by Gasteiger charge is 2.43. The quantitative estimate of drug-likeness (QED) is 0.273. The normalized spacial score (nSPS) is 18.8. The van der Waals surface area contributed by atoms with Gasteiger partial charge in [-0.2, -0.15) is 0 Å². The van der Waals surface area contributed by atoms with Crippen LogP contribution in [0.25, 0.3) is 33.0 Å². The van der Waals surface area contributed by atoms with Crippen LogP contribution in [0, 0.1) is 0 Å². The molecule has 1 atom stereocenters. The van der Waals surface area contributed by atoms with E-state index in [0.29, 0.717) is 0 Å². The highest BCUT2D eigenvalue weighted by Crippen LogP contribution is 2.54. The summed E-state index contributed by atoms with van der Waals surface area (Å²) in [7, 11) is 2.12. The minimum atomic E-state index is -0.215. The third-order valence-corrected chi connectivity index (χ3v) is 8.02. The first-order valence-corrected chi connectivity index (χ1v) is 12.7. The van der Waals surface area contributed by atoms with Gasteiger partial charge in [-0.15, -0.1) is 0 Å². The molecule has 1 aromatic heterocycles. The number of aromatic nitrogens is 1. The first-order valence-electron chi connectivity index (χ1n) is 12.7. The van der Waals surface area contributed by atoms with Crippen LogP contribution in [0.15, 0.2) is 109 Å². The topological polar surface area (TPSA) is 8.17 Å². The zero-order valence-electron chi connectivity index (χ0n) is 21.8. The van der Waals surface area contributed by atoms with Gasteiger partial charge in [0.05, 0.1) is 22.1 Å². The molecule has 178 valence electrons. The Bertz CT molecular complexity index is 1700. The van der Waals surface area contributed by atoms with Crippen LogP contribution in [0.1, 0.15) is 49.9 Å². The van der Waals surface area contributed by atoms with Gasteiger partial charge in [0.25, 0.3) is 0 Å². The van der Waals surface area contributed by atoms with E-state index < -0.39 is 0 Å². The molecule has 0 amide bonds. The minimum Gasteiger partial charge on any atom is -0.284 e. The summed E-state index contributed by atoms with van der Waals surface area (Å²) in [5.41, 5.74) is 12.4. The molecule has 2 aliphatic rings. The Hall–Kier alpha value is -4.04. The monoisotopic (exact) mass is 468 g/mol. The number of fused-ring (bicyclic) bond motifs is 8. The minimum absolute atomic E-state index is 0.215. The molecule has 0 bridgehead atoms. The number of allylic oxidation sites excluding steroid dienone is 8. The molecule has 0 aliphatic heterocycles. The molecule has 0 radical (unpaired) electrons. The lowest BCUT2D eigenvalue weighted by molar-refractivity contribution is 0.790. The largest absolute Gasteiger partial charge is 0.284 e. The van der Waals surface area contributed by atoms with Gasteiger partial charge < -0.3 is 0 Å². The molecule has 1 unspecified atom stereocenters. The number of benzene rings is 3. The highest BCUT2D eigenvalue weighted by atomic mass is 15.5. The van der Waals surface area contributed by atoms with Crippen LogP contribution in [0.3, 0.4) is 0 Å². The van der Waals surface area contributed by atoms with Crippen molar-refractivity contribution in [3.05, 3.63) is 131 Å². The van der Waals surface area contributed by atoms with Gasteiger partial charge in [0.2, 0.25) is 0 Å². The Morgan fingerprint density at radius 3 is 2.42 bits per heavy atom. The third kappa shape index (κ3) is 2.91. The summed E-state index contributed by atoms with van der Waals surface area (Å²) in [6.07, 6.45) is 11.2. The second-order valence-corrected chi connectivity index (χ2v) is 10.1. The molecule has 2 heteroatoms. The number of hydrogen-bond donors (Lipinski definition) is 0. The van der Waals surface area contributed by atoms with Crippen molar-refractivity contribution in [2.24, 2.45) is 0 Å². The van der Waals surface area contributed by atoms with Gasteiger partial charge in [-0.1, -0.05) is 91.6 Å². The second-order valence-electron chi connectivity index (χ2n) is 10.1. The predicted octanol–water partition coefficient (Wildman–Crippen LogP) is 8.52. The van der Waals surface area contributed by atoms with Gasteiger partial charge in [-0.05, 0) is 67.2 Å². The number of hydrogen-bond acceptors (Lipinski definition) is 1. The van der Waals surface area contributed by atoms with Crippen LogP contribution < -0.4 is 5.01 Å². The molecule has 1 spiro atoms. The first-order chi connectivity index (χ1) is 17.4. The summed E-state index contributed by atoms with van der Waals surface area (Å²) < 4.78 is 2.37. The zero-order valence-corrected chi connectivity index (χ0v) is 21.8. The lowest BCUT2D eigenvalue weighted by Crippen LogP contribution is -2.29. The van der Waals surface area contributed by atoms with Crippen molar-refractivity contribution in [3.8, 4) is 0 Å². The number of para-hydroxylation sites is 1. The number of likely N-dealkylation sites (N-methyl/N-ethyl adjacent to an activating group) is 1. The van der Waals surface area contributed by atoms with E-state index in [-0.39, 0.29) is 5.41 Å². The predicted molar refractivity (Wildman–Crippen MR) is 156 cm³/mol. The molecule has 1 heterocycles. The molecular formula is C34H32N2. The molecule has 36 heavy (non-hydrogen) atoms. The van der Waals surface area contributed by atoms with Crippen molar-refractivity contribution in [2.75, 3.05) is 12.1 Å². The van der Waals surface area contributed by atoms with E-state index in [9.17, 15) is 0 Å². The fourth-order valence-electron chi connectivity index (χ4n) is 6.32. The summed E-state index contributed by atoms with van der Waals surface area (Å²) in [4.78, 5) is 0. The van der Waals surface area contributed by atoms with Crippen LogP contribution in [0.2, 0.25) is 0 Å². The maximum atomic E-state index is 4.48. The van der Waals surface area contributed by atoms with Crippen molar-refractivity contribution in [2.45, 2.75) is 33.1 Å². The van der Waals surface area contributed by atoms with Gasteiger partial charge >= 0.3 is 0 Å². The number of rotatable bonds is 4. The Kier molecular flexibility index (Phi) is 4.98. The lowest BCUT2D eigenvalue weighted by Gasteiger charge is -2.28. The van der Waals surface area contributed by atoms with E-state index in [0.717, 1.165) is 11.3 Å². The Labute approximate surface area is 213 Å². The fraction of sp³-hybridized carbons (Fsp3) is 0.176. The van der Waals surface area contributed by atoms with E-state index in [2.05, 4.69) is 129 Å². The van der Waals surface area contributed by atoms with Crippen LogP contribution in [-0.2, 0) is 5.41 Å². The molecule has 4 aromatic rings. The molecule has 2 aliphatic carbocycles. The molecule has 0 saturated heterocycles. The summed E-state index contributed by atoms with van der Waals surface area (Å²) in [6.45, 7) is 13.1. The van der Waals surface area contributed by atoms with E-state index in [1.54, 1.807) is 0 Å². The maximum absolute atomic E-state index is 4.48. The van der Waals surface area contributed by atoms with Gasteiger partial charge in [0.15, 0.2) is 0 Å². The standard InChI is InChI=1S/C34H32N2/c1-7-8-13-22(2)25(5)35(6)36-31-17-12-10-15-27(31)28-18-19-30-32(33(28)36)24(4)21-34(30)20-23(3)26-14-9-11-16-29(26)34/h7-21H,5H2,1-4,6H3/b8-7-,22-13+. The van der Waals surface area contributed by atoms with Gasteiger partial charge in [-0.25, -0.2) is 0 Å². The van der Waals surface area contributed by atoms with Gasteiger partial charge in [0, 0.05) is 23.4 Å². The van der Waals surface area contributed by atoms with E-state index >= 15 is 0 Å². The van der Waals surface area contributed by atoms with Crippen molar-refractivity contribution in [3.63, 3.8) is 0 Å². The molecule has 3 aromatic carbocycles. The van der Waals surface area contributed by atoms with E-state index in [1.165, 1.54) is 55.2 Å². The average Bonchev–Trinajstić information content (AvgIpc) is 3.49. The molecule has 0 saturated carbocycles. The van der Waals surface area contributed by atoms with Crippen LogP contribution in [0.4, 0.5) is 0 Å². The summed E-state index contributed by atoms with van der Waals surface area (Å²) in [5.74, 6) is 0. The van der Waals surface area contributed by atoms with Crippen molar-refractivity contribution in [1.82, 2.24) is 4.68 Å². The third-order valence-electron chi connectivity index (χ3n) is 8.02. The Balaban J connectivity index is 1.67. The zero-order chi connectivity index (χ0) is 25.2. The second kappa shape index (κ2) is 7.99. The molecule has 2 nitrogen and oxygen atoms in total. The van der Waals surface area contributed by atoms with E-state index in [1.807, 2.05) is 13.0 Å². The van der Waals surface area contributed by atoms with Crippen LogP contribution in [-0.4, -0.2) is 11.7 Å². The van der Waals surface area contributed by atoms with Crippen LogP contribution in [0.5, 0.6) is 0 Å². The summed E-state index contributed by atoms with van der Waals surface area (Å²) in [6, 6.07) is 22.3. The van der Waals surface area contributed by atoms with Crippen molar-refractivity contribution < 1.29 is 0 Å². The fourth-order valence-corrected chi connectivity index (χ4v) is 6.32. The van der Waals surface area contributed by atoms with Gasteiger partial charge in [-0.3, -0.25) is 9.69 Å². The van der Waals surface area contributed by atoms with E-state index in [4.69, 9.17) is 0 Å². The van der Waals surface area contributed by atoms with Crippen molar-refractivity contribution >= 4 is 33.0 Å². The number of nitrogens with zero attached hydrogens (tertiary/aromatic N) is 2.